The zero-order valence-electron chi connectivity index (χ0n) is 17.3. The number of hydrogen-bond donors (Lipinski definition) is 1. The molecular formula is C19H31N3O5Si. The summed E-state index contributed by atoms with van der Waals surface area (Å²) in [6, 6.07) is 5.84. The topological polar surface area (TPSA) is 108 Å². The van der Waals surface area contributed by atoms with E-state index in [9.17, 15) is 14.9 Å². The van der Waals surface area contributed by atoms with E-state index in [-0.39, 0.29) is 29.5 Å². The third-order valence-electron chi connectivity index (χ3n) is 5.66. The van der Waals surface area contributed by atoms with Crippen molar-refractivity contribution < 1.29 is 18.9 Å². The van der Waals surface area contributed by atoms with Gasteiger partial charge < -0.3 is 19.8 Å². The molecule has 2 atom stereocenters. The molecule has 9 heteroatoms. The van der Waals surface area contributed by atoms with E-state index in [4.69, 9.17) is 14.9 Å². The first kappa shape index (κ1) is 22.3. The van der Waals surface area contributed by atoms with Gasteiger partial charge in [0.25, 0.3) is 5.69 Å². The Hall–Kier alpha value is -1.97. The number of non-ortho nitro benzene ring substituents is 1. The van der Waals surface area contributed by atoms with Gasteiger partial charge in [-0.1, -0.05) is 20.8 Å². The molecule has 0 spiro atoms. The van der Waals surface area contributed by atoms with Crippen LogP contribution < -0.4 is 5.73 Å². The number of nitro groups is 1. The van der Waals surface area contributed by atoms with E-state index >= 15 is 0 Å². The lowest BCUT2D eigenvalue weighted by molar-refractivity contribution is -0.384. The van der Waals surface area contributed by atoms with Crippen LogP contribution in [0.1, 0.15) is 32.8 Å². The second-order valence-electron chi connectivity index (χ2n) is 8.76. The van der Waals surface area contributed by atoms with Crippen molar-refractivity contribution in [1.29, 1.82) is 0 Å². The van der Waals surface area contributed by atoms with Crippen molar-refractivity contribution in [1.82, 2.24) is 4.90 Å². The van der Waals surface area contributed by atoms with Crippen LogP contribution in [0.5, 0.6) is 0 Å². The third kappa shape index (κ3) is 5.30. The van der Waals surface area contributed by atoms with Gasteiger partial charge in [0.1, 0.15) is 6.61 Å². The molecule has 1 aliphatic rings. The zero-order valence-corrected chi connectivity index (χ0v) is 18.3. The van der Waals surface area contributed by atoms with Gasteiger partial charge in [0.15, 0.2) is 8.32 Å². The van der Waals surface area contributed by atoms with Crippen molar-refractivity contribution in [3.63, 3.8) is 0 Å². The molecule has 2 N–H and O–H groups in total. The lowest BCUT2D eigenvalue weighted by Gasteiger charge is -2.38. The van der Waals surface area contributed by atoms with E-state index in [1.165, 1.54) is 12.1 Å². The summed E-state index contributed by atoms with van der Waals surface area (Å²) in [6.07, 6.45) is 0.229. The summed E-state index contributed by atoms with van der Waals surface area (Å²) in [4.78, 5) is 24.5. The van der Waals surface area contributed by atoms with Gasteiger partial charge in [-0.25, -0.2) is 4.79 Å². The molecule has 1 aromatic rings. The SMILES string of the molecule is CC(C)(C)[Si](C)(C)OC1CC(CN)N(C(=O)OCc2ccc([N+](=O)[O-])cc2)C1. The number of ether oxygens (including phenoxy) is 1. The fourth-order valence-corrected chi connectivity index (χ4v) is 4.30. The molecule has 0 bridgehead atoms. The number of nitrogens with two attached hydrogens (primary N) is 1. The number of amides is 1. The summed E-state index contributed by atoms with van der Waals surface area (Å²) >= 11 is 0. The van der Waals surface area contributed by atoms with Crippen molar-refractivity contribution in [3.8, 4) is 0 Å². The number of nitrogens with zero attached hydrogens (tertiary/aromatic N) is 2. The van der Waals surface area contributed by atoms with Gasteiger partial charge in [-0.3, -0.25) is 10.1 Å². The van der Waals surface area contributed by atoms with Crippen LogP contribution >= 0.6 is 0 Å². The predicted molar refractivity (Wildman–Crippen MR) is 110 cm³/mol. The molecule has 2 rings (SSSR count). The third-order valence-corrected chi connectivity index (χ3v) is 10.2. The summed E-state index contributed by atoms with van der Waals surface area (Å²) < 4.78 is 11.9. The molecule has 0 saturated carbocycles. The number of nitro benzene ring substituents is 1. The molecule has 1 fully saturated rings. The number of hydrogen-bond acceptors (Lipinski definition) is 6. The number of carbonyl (C=O) groups excluding carboxylic acids is 1. The maximum Gasteiger partial charge on any atom is 0.410 e. The molecule has 0 aliphatic carbocycles. The largest absolute Gasteiger partial charge is 0.445 e. The number of likely N-dealkylation sites (tertiary alicyclic amines) is 1. The molecule has 2 unspecified atom stereocenters. The van der Waals surface area contributed by atoms with Gasteiger partial charge in [0.05, 0.1) is 11.0 Å². The molecule has 0 radical (unpaired) electrons. The summed E-state index contributed by atoms with van der Waals surface area (Å²) in [7, 11) is -1.94. The molecule has 156 valence electrons. The van der Waals surface area contributed by atoms with Gasteiger partial charge in [-0.15, -0.1) is 0 Å². The standard InChI is InChI=1S/C19H31N3O5Si/c1-19(2,3)28(4,5)27-17-10-16(11-20)21(12-17)18(23)26-13-14-6-8-15(9-7-14)22(24)25/h6-9,16-17H,10-13,20H2,1-5H3. The second kappa shape index (κ2) is 8.58. The highest BCUT2D eigenvalue weighted by molar-refractivity contribution is 6.74. The van der Waals surface area contributed by atoms with E-state index in [1.807, 2.05) is 0 Å². The van der Waals surface area contributed by atoms with Crippen LogP contribution in [0.2, 0.25) is 18.1 Å². The maximum absolute atomic E-state index is 12.6. The van der Waals surface area contributed by atoms with Crippen LogP contribution in [0.3, 0.4) is 0 Å². The van der Waals surface area contributed by atoms with E-state index in [0.29, 0.717) is 25.1 Å². The highest BCUT2D eigenvalue weighted by Crippen LogP contribution is 2.38. The Bertz CT molecular complexity index is 703. The average molecular weight is 410 g/mol. The van der Waals surface area contributed by atoms with Crippen molar-refractivity contribution in [2.45, 2.75) is 64.1 Å². The first-order valence-electron chi connectivity index (χ1n) is 9.49. The van der Waals surface area contributed by atoms with E-state index < -0.39 is 19.3 Å². The molecule has 0 aromatic heterocycles. The Morgan fingerprint density at radius 2 is 1.93 bits per heavy atom. The Balaban J connectivity index is 1.95. The zero-order chi connectivity index (χ0) is 21.1. The van der Waals surface area contributed by atoms with Crippen LogP contribution in [0.25, 0.3) is 0 Å². The van der Waals surface area contributed by atoms with Crippen LogP contribution in [0.4, 0.5) is 10.5 Å². The number of carbonyl (C=O) groups is 1. The van der Waals surface area contributed by atoms with Crippen molar-refractivity contribution in [2.24, 2.45) is 5.73 Å². The molecule has 28 heavy (non-hydrogen) atoms. The number of benzene rings is 1. The van der Waals surface area contributed by atoms with Crippen LogP contribution in [0, 0.1) is 10.1 Å². The molecule has 1 heterocycles. The summed E-state index contributed by atoms with van der Waals surface area (Å²) in [5.74, 6) is 0. The Kier molecular flexibility index (Phi) is 6.84. The highest BCUT2D eigenvalue weighted by atomic mass is 28.4. The summed E-state index contributed by atoms with van der Waals surface area (Å²) in [5.41, 5.74) is 6.56. The summed E-state index contributed by atoms with van der Waals surface area (Å²) in [6.45, 7) is 11.8. The average Bonchev–Trinajstić information content (AvgIpc) is 3.01. The fraction of sp³-hybridized carbons (Fsp3) is 0.632. The van der Waals surface area contributed by atoms with Crippen molar-refractivity contribution >= 4 is 20.1 Å². The summed E-state index contributed by atoms with van der Waals surface area (Å²) in [5, 5.41) is 10.8. The minimum Gasteiger partial charge on any atom is -0.445 e. The smallest absolute Gasteiger partial charge is 0.410 e. The Morgan fingerprint density at radius 3 is 2.43 bits per heavy atom. The quantitative estimate of drug-likeness (QED) is 0.436. The van der Waals surface area contributed by atoms with Crippen molar-refractivity contribution in [3.05, 3.63) is 39.9 Å². The van der Waals surface area contributed by atoms with Crippen molar-refractivity contribution in [2.75, 3.05) is 13.1 Å². The lowest BCUT2D eigenvalue weighted by Crippen LogP contribution is -2.45. The maximum atomic E-state index is 12.6. The molecular weight excluding hydrogens is 378 g/mol. The first-order chi connectivity index (χ1) is 12.9. The van der Waals surface area contributed by atoms with E-state index in [0.717, 1.165) is 0 Å². The highest BCUT2D eigenvalue weighted by Gasteiger charge is 2.43. The van der Waals surface area contributed by atoms with Gasteiger partial charge in [-0.2, -0.15) is 0 Å². The van der Waals surface area contributed by atoms with Gasteiger partial charge >= 0.3 is 6.09 Å². The Labute approximate surface area is 167 Å². The monoisotopic (exact) mass is 409 g/mol. The van der Waals surface area contributed by atoms with Crippen LogP contribution in [-0.4, -0.2) is 49.5 Å². The molecule has 8 nitrogen and oxygen atoms in total. The molecule has 1 aliphatic heterocycles. The Morgan fingerprint density at radius 1 is 1.32 bits per heavy atom. The van der Waals surface area contributed by atoms with Gasteiger partial charge in [0.2, 0.25) is 0 Å². The van der Waals surface area contributed by atoms with Crippen LogP contribution in [0.15, 0.2) is 24.3 Å². The minimum absolute atomic E-state index is 0.00318. The van der Waals surface area contributed by atoms with Crippen LogP contribution in [-0.2, 0) is 15.8 Å². The van der Waals surface area contributed by atoms with Gasteiger partial charge in [-0.05, 0) is 42.2 Å². The molecule has 1 aromatic carbocycles. The normalized spacial score (nSPS) is 20.3. The molecule has 1 amide bonds. The lowest BCUT2D eigenvalue weighted by atomic mass is 10.2. The number of rotatable bonds is 6. The minimum atomic E-state index is -1.94. The molecule has 1 saturated heterocycles. The first-order valence-corrected chi connectivity index (χ1v) is 12.4. The van der Waals surface area contributed by atoms with Gasteiger partial charge in [0, 0.05) is 31.3 Å². The second-order valence-corrected chi connectivity index (χ2v) is 13.5. The van der Waals surface area contributed by atoms with E-state index in [2.05, 4.69) is 33.9 Å². The predicted octanol–water partition coefficient (Wildman–Crippen LogP) is 3.65. The fourth-order valence-electron chi connectivity index (χ4n) is 2.94. The van der Waals surface area contributed by atoms with E-state index in [1.54, 1.807) is 17.0 Å².